The largest absolute Gasteiger partial charge is 0.496 e. The maximum atomic E-state index is 6.13. The summed E-state index contributed by atoms with van der Waals surface area (Å²) in [7, 11) is 1.69. The number of oxazole rings is 1. The van der Waals surface area contributed by atoms with Gasteiger partial charge in [0, 0.05) is 43.3 Å². The van der Waals surface area contributed by atoms with E-state index in [1.807, 2.05) is 42.5 Å². The zero-order valence-electron chi connectivity index (χ0n) is 14.1. The lowest BCUT2D eigenvalue weighted by molar-refractivity contribution is 0.242. The van der Waals surface area contributed by atoms with Crippen LogP contribution < -0.4 is 9.64 Å². The third kappa shape index (κ3) is 3.43. The summed E-state index contributed by atoms with van der Waals surface area (Å²) < 4.78 is 11.3. The summed E-state index contributed by atoms with van der Waals surface area (Å²) in [6.07, 6.45) is 0. The average Bonchev–Trinajstić information content (AvgIpc) is 3.07. The minimum Gasteiger partial charge on any atom is -0.496 e. The Morgan fingerprint density at radius 3 is 2.68 bits per heavy atom. The smallest absolute Gasteiger partial charge is 0.298 e. The highest BCUT2D eigenvalue weighted by atomic mass is 35.5. The SMILES string of the molecule is COc1ccc(Cl)cc1CN1CCN(c2nc3ccccc3o2)CC1. The molecular weight excluding hydrogens is 338 g/mol. The van der Waals surface area contributed by atoms with E-state index in [1.54, 1.807) is 7.11 Å². The molecule has 0 N–H and O–H groups in total. The van der Waals surface area contributed by atoms with E-state index in [0.29, 0.717) is 6.01 Å². The van der Waals surface area contributed by atoms with E-state index in [4.69, 9.17) is 20.8 Å². The Morgan fingerprint density at radius 1 is 1.12 bits per heavy atom. The molecule has 0 radical (unpaired) electrons. The Balaban J connectivity index is 1.42. The van der Waals surface area contributed by atoms with Crippen LogP contribution >= 0.6 is 11.6 Å². The summed E-state index contributed by atoms with van der Waals surface area (Å²) >= 11 is 6.13. The number of hydrogen-bond acceptors (Lipinski definition) is 5. The van der Waals surface area contributed by atoms with Crippen LogP contribution in [0, 0.1) is 0 Å². The van der Waals surface area contributed by atoms with Crippen molar-refractivity contribution in [2.45, 2.75) is 6.54 Å². The van der Waals surface area contributed by atoms with Gasteiger partial charge in [-0.05, 0) is 30.3 Å². The predicted octanol–water partition coefficient (Wildman–Crippen LogP) is 3.81. The van der Waals surface area contributed by atoms with Crippen LogP contribution in [0.25, 0.3) is 11.1 Å². The summed E-state index contributed by atoms with van der Waals surface area (Å²) in [5, 5.41) is 0.737. The van der Waals surface area contributed by atoms with Gasteiger partial charge in [0.05, 0.1) is 7.11 Å². The molecule has 130 valence electrons. The van der Waals surface area contributed by atoms with Gasteiger partial charge in [-0.3, -0.25) is 4.90 Å². The van der Waals surface area contributed by atoms with E-state index in [1.165, 1.54) is 0 Å². The zero-order chi connectivity index (χ0) is 17.2. The predicted molar refractivity (Wildman–Crippen MR) is 99.5 cm³/mol. The minimum atomic E-state index is 0.709. The molecule has 1 aromatic heterocycles. The highest BCUT2D eigenvalue weighted by Crippen LogP contribution is 2.26. The number of rotatable bonds is 4. The lowest BCUT2D eigenvalue weighted by Crippen LogP contribution is -2.46. The second-order valence-corrected chi connectivity index (χ2v) is 6.62. The molecular formula is C19H20ClN3O2. The number of piperazine rings is 1. The van der Waals surface area contributed by atoms with Gasteiger partial charge in [-0.2, -0.15) is 4.98 Å². The van der Waals surface area contributed by atoms with Crippen molar-refractivity contribution in [2.75, 3.05) is 38.2 Å². The lowest BCUT2D eigenvalue weighted by atomic mass is 10.1. The first kappa shape index (κ1) is 16.2. The summed E-state index contributed by atoms with van der Waals surface area (Å²) in [5.74, 6) is 0.880. The Morgan fingerprint density at radius 2 is 1.92 bits per heavy atom. The van der Waals surface area contributed by atoms with E-state index >= 15 is 0 Å². The highest BCUT2D eigenvalue weighted by molar-refractivity contribution is 6.30. The number of halogens is 1. The molecule has 0 saturated carbocycles. The fourth-order valence-corrected chi connectivity index (χ4v) is 3.40. The topological polar surface area (TPSA) is 41.7 Å². The highest BCUT2D eigenvalue weighted by Gasteiger charge is 2.21. The van der Waals surface area contributed by atoms with Crippen molar-refractivity contribution in [1.29, 1.82) is 0 Å². The quantitative estimate of drug-likeness (QED) is 0.710. The number of benzene rings is 2. The van der Waals surface area contributed by atoms with Crippen molar-refractivity contribution in [3.05, 3.63) is 53.1 Å². The number of ether oxygens (including phenoxy) is 1. The lowest BCUT2D eigenvalue weighted by Gasteiger charge is -2.34. The van der Waals surface area contributed by atoms with Gasteiger partial charge >= 0.3 is 0 Å². The van der Waals surface area contributed by atoms with Gasteiger partial charge in [0.1, 0.15) is 11.3 Å². The van der Waals surface area contributed by atoms with Crippen molar-refractivity contribution in [3.63, 3.8) is 0 Å². The molecule has 0 amide bonds. The second-order valence-electron chi connectivity index (χ2n) is 6.18. The van der Waals surface area contributed by atoms with Gasteiger partial charge in [0.2, 0.25) is 0 Å². The van der Waals surface area contributed by atoms with E-state index in [-0.39, 0.29) is 0 Å². The molecule has 1 aliphatic heterocycles. The molecule has 2 aromatic carbocycles. The summed E-state index contributed by atoms with van der Waals surface area (Å²) in [5.41, 5.74) is 2.86. The Labute approximate surface area is 151 Å². The Kier molecular flexibility index (Phi) is 4.51. The van der Waals surface area contributed by atoms with Crippen LogP contribution in [0.2, 0.25) is 5.02 Å². The van der Waals surface area contributed by atoms with Gasteiger partial charge in [-0.25, -0.2) is 0 Å². The normalized spacial score (nSPS) is 15.7. The molecule has 0 unspecified atom stereocenters. The van der Waals surface area contributed by atoms with Crippen LogP contribution in [-0.4, -0.2) is 43.2 Å². The fraction of sp³-hybridized carbons (Fsp3) is 0.316. The average molecular weight is 358 g/mol. The van der Waals surface area contributed by atoms with Crippen molar-refractivity contribution in [1.82, 2.24) is 9.88 Å². The van der Waals surface area contributed by atoms with Gasteiger partial charge in [0.25, 0.3) is 6.01 Å². The van der Waals surface area contributed by atoms with Crippen LogP contribution in [0.5, 0.6) is 5.75 Å². The van der Waals surface area contributed by atoms with E-state index in [9.17, 15) is 0 Å². The third-order valence-corrected chi connectivity index (χ3v) is 4.80. The number of hydrogen-bond donors (Lipinski definition) is 0. The Hall–Kier alpha value is -2.24. The Bertz CT molecular complexity index is 839. The third-order valence-electron chi connectivity index (χ3n) is 4.56. The van der Waals surface area contributed by atoms with Crippen molar-refractivity contribution in [3.8, 4) is 5.75 Å². The molecule has 6 heteroatoms. The minimum absolute atomic E-state index is 0.709. The number of aromatic nitrogens is 1. The summed E-state index contributed by atoms with van der Waals surface area (Å²) in [4.78, 5) is 9.18. The van der Waals surface area contributed by atoms with Gasteiger partial charge in [-0.15, -0.1) is 0 Å². The second kappa shape index (κ2) is 6.94. The van der Waals surface area contributed by atoms with Crippen LogP contribution in [-0.2, 0) is 6.54 Å². The molecule has 0 bridgehead atoms. The fourth-order valence-electron chi connectivity index (χ4n) is 3.20. The van der Waals surface area contributed by atoms with E-state index < -0.39 is 0 Å². The van der Waals surface area contributed by atoms with Crippen molar-refractivity contribution < 1.29 is 9.15 Å². The monoisotopic (exact) mass is 357 g/mol. The molecule has 4 rings (SSSR count). The van der Waals surface area contributed by atoms with E-state index in [0.717, 1.165) is 60.2 Å². The first-order valence-electron chi connectivity index (χ1n) is 8.38. The molecule has 0 aliphatic carbocycles. The van der Waals surface area contributed by atoms with Gasteiger partial charge in [0.15, 0.2) is 5.58 Å². The standard InChI is InChI=1S/C19H20ClN3O2/c1-24-17-7-6-15(20)12-14(17)13-22-8-10-23(11-9-22)19-21-16-4-2-3-5-18(16)25-19/h2-7,12H,8-11,13H2,1H3. The molecule has 2 heterocycles. The van der Waals surface area contributed by atoms with Crippen LogP contribution in [0.1, 0.15) is 5.56 Å². The van der Waals surface area contributed by atoms with Crippen LogP contribution in [0.15, 0.2) is 46.9 Å². The van der Waals surface area contributed by atoms with E-state index in [2.05, 4.69) is 14.8 Å². The number of para-hydroxylation sites is 2. The molecule has 1 saturated heterocycles. The molecule has 5 nitrogen and oxygen atoms in total. The number of anilines is 1. The summed E-state index contributed by atoms with van der Waals surface area (Å²) in [6, 6.07) is 14.3. The molecule has 0 spiro atoms. The molecule has 25 heavy (non-hydrogen) atoms. The molecule has 1 fully saturated rings. The molecule has 0 atom stereocenters. The van der Waals surface area contributed by atoms with Crippen LogP contribution in [0.3, 0.4) is 0 Å². The number of nitrogens with zero attached hydrogens (tertiary/aromatic N) is 3. The van der Waals surface area contributed by atoms with Crippen LogP contribution in [0.4, 0.5) is 6.01 Å². The van der Waals surface area contributed by atoms with Gasteiger partial charge in [-0.1, -0.05) is 23.7 Å². The van der Waals surface area contributed by atoms with Gasteiger partial charge < -0.3 is 14.1 Å². The first-order chi connectivity index (χ1) is 12.2. The van der Waals surface area contributed by atoms with Crippen molar-refractivity contribution >= 4 is 28.7 Å². The molecule has 3 aromatic rings. The number of methoxy groups -OCH3 is 1. The zero-order valence-corrected chi connectivity index (χ0v) is 14.9. The maximum absolute atomic E-state index is 6.13. The van der Waals surface area contributed by atoms with Crippen molar-refractivity contribution in [2.24, 2.45) is 0 Å². The molecule has 1 aliphatic rings. The number of fused-ring (bicyclic) bond motifs is 1. The maximum Gasteiger partial charge on any atom is 0.298 e. The summed E-state index contributed by atoms with van der Waals surface area (Å²) in [6.45, 7) is 4.47. The first-order valence-corrected chi connectivity index (χ1v) is 8.76.